The number of azo groups is 1. The van der Waals surface area contributed by atoms with Crippen LogP contribution in [0.25, 0.3) is 0 Å². The first-order chi connectivity index (χ1) is 16.0. The maximum absolute atomic E-state index is 12.5. The molecule has 2 aromatic heterocycles. The van der Waals surface area contributed by atoms with Gasteiger partial charge in [-0.25, -0.2) is 0 Å². The lowest BCUT2D eigenvalue weighted by Gasteiger charge is -2.10. The zero-order valence-electron chi connectivity index (χ0n) is 17.4. The second-order valence-corrected chi connectivity index (χ2v) is 6.81. The highest BCUT2D eigenvalue weighted by Crippen LogP contribution is 2.31. The van der Waals surface area contributed by atoms with Gasteiger partial charge in [0.25, 0.3) is 17.5 Å². The Morgan fingerprint density at radius 1 is 0.818 bits per heavy atom. The van der Waals surface area contributed by atoms with E-state index in [1.54, 1.807) is 54.6 Å². The van der Waals surface area contributed by atoms with Crippen LogP contribution >= 0.6 is 0 Å². The SMILES string of the molecule is C[N+](=O)c1ccc(N=Nc2ccc(NC(=O)c3ccco3)cc2NC(=O)c2ccco2)cc1. The number of nitroso groups, excluding NO2 is 1. The number of anilines is 2. The summed E-state index contributed by atoms with van der Waals surface area (Å²) in [6.45, 7) is 0. The third-order valence-electron chi connectivity index (χ3n) is 4.48. The van der Waals surface area contributed by atoms with Crippen LogP contribution in [0.3, 0.4) is 0 Å². The topological polar surface area (TPSA) is 129 Å². The zero-order chi connectivity index (χ0) is 23.2. The number of benzene rings is 2. The fourth-order valence-electron chi connectivity index (χ4n) is 2.83. The van der Waals surface area contributed by atoms with Crippen LogP contribution in [0.15, 0.2) is 98.3 Å². The van der Waals surface area contributed by atoms with Gasteiger partial charge >= 0.3 is 0 Å². The lowest BCUT2D eigenvalue weighted by molar-refractivity contribution is -0.428. The van der Waals surface area contributed by atoms with E-state index < -0.39 is 11.8 Å². The summed E-state index contributed by atoms with van der Waals surface area (Å²) in [5, 5.41) is 13.8. The van der Waals surface area contributed by atoms with Crippen molar-refractivity contribution in [2.45, 2.75) is 0 Å². The number of hydrogen-bond donors (Lipinski definition) is 2. The van der Waals surface area contributed by atoms with Crippen molar-refractivity contribution in [1.29, 1.82) is 0 Å². The van der Waals surface area contributed by atoms with Crippen molar-refractivity contribution in [2.75, 3.05) is 17.7 Å². The molecule has 0 aliphatic carbocycles. The summed E-state index contributed by atoms with van der Waals surface area (Å²) < 4.78 is 11.0. The van der Waals surface area contributed by atoms with Gasteiger partial charge in [-0.05, 0) is 54.6 Å². The molecule has 2 amide bonds. The minimum Gasteiger partial charge on any atom is -0.459 e. The Labute approximate surface area is 187 Å². The van der Waals surface area contributed by atoms with E-state index in [-0.39, 0.29) is 11.5 Å². The molecule has 0 spiro atoms. The van der Waals surface area contributed by atoms with Crippen molar-refractivity contribution in [3.63, 3.8) is 0 Å². The molecule has 2 N–H and O–H groups in total. The van der Waals surface area contributed by atoms with Gasteiger partial charge in [-0.15, -0.1) is 5.11 Å². The number of rotatable bonds is 7. The van der Waals surface area contributed by atoms with E-state index in [1.807, 2.05) is 0 Å². The fourth-order valence-corrected chi connectivity index (χ4v) is 2.83. The molecule has 0 saturated heterocycles. The van der Waals surface area contributed by atoms with Crippen LogP contribution < -0.4 is 10.6 Å². The highest BCUT2D eigenvalue weighted by atomic mass is 16.3. The molecular weight excluding hydrogens is 426 g/mol. The molecule has 0 radical (unpaired) electrons. The largest absolute Gasteiger partial charge is 0.459 e. The first-order valence-electron chi connectivity index (χ1n) is 9.76. The summed E-state index contributed by atoms with van der Waals surface area (Å²) in [5.74, 6) is -0.678. The van der Waals surface area contributed by atoms with Gasteiger partial charge in [-0.3, -0.25) is 9.59 Å². The van der Waals surface area contributed by atoms with E-state index in [2.05, 4.69) is 20.9 Å². The summed E-state index contributed by atoms with van der Waals surface area (Å²) in [6.07, 6.45) is 2.79. The second-order valence-electron chi connectivity index (χ2n) is 6.81. The molecule has 0 saturated carbocycles. The maximum atomic E-state index is 12.5. The Kier molecular flexibility index (Phi) is 6.17. The summed E-state index contributed by atoms with van der Waals surface area (Å²) >= 11 is 0. The standard InChI is InChI=1S/C23H17N5O5/c1-28(31)17-9-6-15(7-10-17)26-27-18-11-8-16(24-22(29)20-4-2-12-32-20)14-19(18)25-23(30)21-5-3-13-33-21/h2-14H,1H3,(H-,24,25,26,29,30,31)/p+1. The molecule has 4 aromatic rings. The van der Waals surface area contributed by atoms with Gasteiger partial charge in [0, 0.05) is 27.5 Å². The predicted molar refractivity (Wildman–Crippen MR) is 120 cm³/mol. The zero-order valence-corrected chi connectivity index (χ0v) is 17.4. The van der Waals surface area contributed by atoms with Gasteiger partial charge in [0.1, 0.15) is 5.69 Å². The first-order valence-corrected chi connectivity index (χ1v) is 9.76. The quantitative estimate of drug-likeness (QED) is 0.273. The number of nitrogens with zero attached hydrogens (tertiary/aromatic N) is 3. The van der Waals surface area contributed by atoms with E-state index >= 15 is 0 Å². The molecule has 10 nitrogen and oxygen atoms in total. The van der Waals surface area contributed by atoms with Crippen LogP contribution in [0.5, 0.6) is 0 Å². The molecule has 2 aromatic carbocycles. The van der Waals surface area contributed by atoms with Gasteiger partial charge in [0.05, 0.1) is 23.9 Å². The van der Waals surface area contributed by atoms with Gasteiger partial charge in [-0.2, -0.15) is 5.11 Å². The normalized spacial score (nSPS) is 10.8. The number of amides is 2. The van der Waals surface area contributed by atoms with Crippen molar-refractivity contribution in [3.8, 4) is 0 Å². The highest BCUT2D eigenvalue weighted by Gasteiger charge is 2.15. The Morgan fingerprint density at radius 2 is 1.45 bits per heavy atom. The van der Waals surface area contributed by atoms with E-state index in [9.17, 15) is 14.5 Å². The molecule has 33 heavy (non-hydrogen) atoms. The average molecular weight is 444 g/mol. The molecule has 164 valence electrons. The number of nitrogens with one attached hydrogen (secondary N) is 2. The first kappa shape index (κ1) is 21.4. The van der Waals surface area contributed by atoms with Crippen molar-refractivity contribution in [1.82, 2.24) is 0 Å². The van der Waals surface area contributed by atoms with Crippen molar-refractivity contribution >= 4 is 40.3 Å². The number of furan rings is 2. The minimum absolute atomic E-state index is 0.111. The minimum atomic E-state index is -0.492. The van der Waals surface area contributed by atoms with E-state index in [0.717, 1.165) is 4.76 Å². The Bertz CT molecular complexity index is 1310. The predicted octanol–water partition coefficient (Wildman–Crippen LogP) is 5.83. The molecule has 2 heterocycles. The highest BCUT2D eigenvalue weighted by molar-refractivity contribution is 6.06. The van der Waals surface area contributed by atoms with Crippen molar-refractivity contribution < 1.29 is 23.2 Å². The molecule has 4 rings (SSSR count). The lowest BCUT2D eigenvalue weighted by atomic mass is 10.2. The van der Waals surface area contributed by atoms with E-state index in [1.165, 1.54) is 31.7 Å². The van der Waals surface area contributed by atoms with Gasteiger partial charge < -0.3 is 19.5 Å². The molecule has 0 aliphatic heterocycles. The smallest absolute Gasteiger partial charge is 0.291 e. The molecule has 0 unspecified atom stereocenters. The Balaban J connectivity index is 1.60. The number of hydrogen-bond acceptors (Lipinski definition) is 7. The van der Waals surface area contributed by atoms with Gasteiger partial charge in [-0.1, -0.05) is 0 Å². The molecule has 0 bridgehead atoms. The van der Waals surface area contributed by atoms with Crippen LogP contribution in [0.1, 0.15) is 21.1 Å². The van der Waals surface area contributed by atoms with Crippen molar-refractivity contribution in [3.05, 3.63) is 95.7 Å². The molecule has 10 heteroatoms. The Hall–Kier alpha value is -4.86. The molecule has 0 atom stereocenters. The maximum Gasteiger partial charge on any atom is 0.291 e. The monoisotopic (exact) mass is 444 g/mol. The van der Waals surface area contributed by atoms with Gasteiger partial charge in [0.15, 0.2) is 18.6 Å². The number of carbonyl (C=O) groups excluding carboxylic acids is 2. The van der Waals surface area contributed by atoms with Crippen LogP contribution in [-0.2, 0) is 0 Å². The second kappa shape index (κ2) is 9.52. The fraction of sp³-hybridized carbons (Fsp3) is 0.0435. The van der Waals surface area contributed by atoms with Crippen LogP contribution in [0.4, 0.5) is 28.4 Å². The van der Waals surface area contributed by atoms with Crippen molar-refractivity contribution in [2.24, 2.45) is 10.2 Å². The van der Waals surface area contributed by atoms with Gasteiger partial charge in [0.2, 0.25) is 0 Å². The third kappa shape index (κ3) is 5.25. The average Bonchev–Trinajstić information content (AvgIpc) is 3.53. The third-order valence-corrected chi connectivity index (χ3v) is 4.48. The molecular formula is C23H18N5O5+. The summed E-state index contributed by atoms with van der Waals surface area (Å²) in [6, 6.07) is 17.5. The molecule has 0 aliphatic rings. The summed E-state index contributed by atoms with van der Waals surface area (Å²) in [5.41, 5.74) is 2.05. The Morgan fingerprint density at radius 3 is 2.03 bits per heavy atom. The van der Waals surface area contributed by atoms with E-state index in [0.29, 0.717) is 28.4 Å². The lowest BCUT2D eigenvalue weighted by Crippen LogP contribution is -2.13. The van der Waals surface area contributed by atoms with Crippen LogP contribution in [0, 0.1) is 4.91 Å². The molecule has 0 fully saturated rings. The van der Waals surface area contributed by atoms with E-state index in [4.69, 9.17) is 8.83 Å². The van der Waals surface area contributed by atoms with Crippen LogP contribution in [-0.4, -0.2) is 23.6 Å². The number of carbonyl (C=O) groups is 2. The van der Waals surface area contributed by atoms with Crippen LogP contribution in [0.2, 0.25) is 0 Å². The summed E-state index contributed by atoms with van der Waals surface area (Å²) in [4.78, 5) is 36.1. The summed E-state index contributed by atoms with van der Waals surface area (Å²) in [7, 11) is 1.40.